The molecule has 2 heterocycles. The van der Waals surface area contributed by atoms with Gasteiger partial charge in [-0.15, -0.1) is 0 Å². The Balaban J connectivity index is 2.02. The summed E-state index contributed by atoms with van der Waals surface area (Å²) in [4.78, 5) is 12.4. The van der Waals surface area contributed by atoms with Crippen molar-refractivity contribution in [3.63, 3.8) is 0 Å². The Hall–Kier alpha value is -1.26. The van der Waals surface area contributed by atoms with Gasteiger partial charge in [0, 0.05) is 18.9 Å². The van der Waals surface area contributed by atoms with Crippen LogP contribution in [0, 0.1) is 0 Å². The molecule has 1 aromatic carbocycles. The van der Waals surface area contributed by atoms with Gasteiger partial charge in [0.2, 0.25) is 0 Å². The van der Waals surface area contributed by atoms with E-state index in [9.17, 15) is 4.79 Å². The minimum absolute atomic E-state index is 0.0656. The summed E-state index contributed by atoms with van der Waals surface area (Å²) in [5.74, 6) is 1.24. The lowest BCUT2D eigenvalue weighted by Crippen LogP contribution is -2.49. The van der Waals surface area contributed by atoms with Gasteiger partial charge in [-0.1, -0.05) is 11.6 Å². The second kappa shape index (κ2) is 4.69. The number of ketones is 1. The first kappa shape index (κ1) is 12.8. The highest BCUT2D eigenvalue weighted by molar-refractivity contribution is 6.34. The van der Waals surface area contributed by atoms with E-state index in [0.29, 0.717) is 28.5 Å². The van der Waals surface area contributed by atoms with Crippen LogP contribution >= 0.6 is 11.6 Å². The Morgan fingerprint density at radius 2 is 2.11 bits per heavy atom. The number of carbonyl (C=O) groups excluding carboxylic acids is 1. The molecule has 5 heteroatoms. The predicted octanol–water partition coefficient (Wildman–Crippen LogP) is 2.44. The Bertz CT molecular complexity index is 524. The second-order valence-corrected chi connectivity index (χ2v) is 5.52. The molecule has 0 saturated carbocycles. The van der Waals surface area contributed by atoms with E-state index in [0.717, 1.165) is 25.9 Å². The highest BCUT2D eigenvalue weighted by atomic mass is 35.5. The number of nitrogens with one attached hydrogen (secondary N) is 1. The molecule has 19 heavy (non-hydrogen) atoms. The highest BCUT2D eigenvalue weighted by Crippen LogP contribution is 2.42. The molecule has 1 N–H and O–H groups in total. The van der Waals surface area contributed by atoms with E-state index >= 15 is 0 Å². The number of hydrogen-bond acceptors (Lipinski definition) is 4. The molecule has 3 rings (SSSR count). The van der Waals surface area contributed by atoms with Crippen molar-refractivity contribution in [3.05, 3.63) is 22.7 Å². The lowest BCUT2D eigenvalue weighted by molar-refractivity contribution is 0.0186. The monoisotopic (exact) mass is 281 g/mol. The van der Waals surface area contributed by atoms with Gasteiger partial charge < -0.3 is 14.8 Å². The molecule has 2 aliphatic rings. The van der Waals surface area contributed by atoms with E-state index in [-0.39, 0.29) is 11.4 Å². The van der Waals surface area contributed by atoms with E-state index in [1.807, 2.05) is 0 Å². The first-order valence-corrected chi connectivity index (χ1v) is 6.82. The van der Waals surface area contributed by atoms with Crippen LogP contribution in [-0.4, -0.2) is 31.6 Å². The predicted molar refractivity (Wildman–Crippen MR) is 72.4 cm³/mol. The third-order valence-electron chi connectivity index (χ3n) is 3.87. The first-order chi connectivity index (χ1) is 9.13. The number of carbonyl (C=O) groups is 1. The summed E-state index contributed by atoms with van der Waals surface area (Å²) in [6.07, 6.45) is 2.09. The molecule has 1 fully saturated rings. The van der Waals surface area contributed by atoms with Crippen molar-refractivity contribution in [3.8, 4) is 11.5 Å². The van der Waals surface area contributed by atoms with E-state index in [1.54, 1.807) is 19.2 Å². The molecule has 0 aromatic heterocycles. The summed E-state index contributed by atoms with van der Waals surface area (Å²) in [5, 5.41) is 3.69. The fourth-order valence-electron chi connectivity index (χ4n) is 2.84. The van der Waals surface area contributed by atoms with Crippen LogP contribution in [0.5, 0.6) is 11.5 Å². The van der Waals surface area contributed by atoms with E-state index in [2.05, 4.69) is 5.32 Å². The van der Waals surface area contributed by atoms with Gasteiger partial charge in [0.25, 0.3) is 0 Å². The summed E-state index contributed by atoms with van der Waals surface area (Å²) in [7, 11) is 1.57. The number of fused-ring (bicyclic) bond motifs is 1. The zero-order valence-corrected chi connectivity index (χ0v) is 11.5. The lowest BCUT2D eigenvalue weighted by atomic mass is 9.83. The van der Waals surface area contributed by atoms with Crippen LogP contribution < -0.4 is 14.8 Å². The number of Topliss-reactive ketones (excluding diaryl/α,β-unsaturated/α-hetero) is 1. The SMILES string of the molecule is COc1cc(Cl)c2c(c1)OC1(CCNCC1)CC2=O. The zero-order chi connectivity index (χ0) is 13.5. The molecule has 1 aromatic rings. The van der Waals surface area contributed by atoms with Gasteiger partial charge >= 0.3 is 0 Å². The van der Waals surface area contributed by atoms with Crippen molar-refractivity contribution in [2.75, 3.05) is 20.2 Å². The van der Waals surface area contributed by atoms with Crippen molar-refractivity contribution < 1.29 is 14.3 Å². The number of rotatable bonds is 1. The second-order valence-electron chi connectivity index (χ2n) is 5.12. The fraction of sp³-hybridized carbons (Fsp3) is 0.500. The first-order valence-electron chi connectivity index (χ1n) is 6.44. The molecule has 0 unspecified atom stereocenters. The smallest absolute Gasteiger partial charge is 0.172 e. The minimum Gasteiger partial charge on any atom is -0.497 e. The third-order valence-corrected chi connectivity index (χ3v) is 4.16. The number of ether oxygens (including phenoxy) is 2. The standard InChI is InChI=1S/C14H16ClNO3/c1-18-9-6-10(15)13-11(17)8-14(19-12(13)7-9)2-4-16-5-3-14/h6-7,16H,2-5,8H2,1H3. The number of hydrogen-bond donors (Lipinski definition) is 1. The topological polar surface area (TPSA) is 47.6 Å². The Morgan fingerprint density at radius 3 is 2.79 bits per heavy atom. The normalized spacial score (nSPS) is 20.8. The molecule has 2 aliphatic heterocycles. The van der Waals surface area contributed by atoms with Crippen molar-refractivity contribution in [2.45, 2.75) is 24.9 Å². The number of methoxy groups -OCH3 is 1. The van der Waals surface area contributed by atoms with Crippen LogP contribution in [-0.2, 0) is 0 Å². The van der Waals surface area contributed by atoms with Crippen LogP contribution in [0.1, 0.15) is 29.6 Å². The maximum Gasteiger partial charge on any atom is 0.172 e. The molecule has 0 radical (unpaired) electrons. The molecule has 0 aliphatic carbocycles. The van der Waals surface area contributed by atoms with Crippen molar-refractivity contribution in [1.82, 2.24) is 5.32 Å². The van der Waals surface area contributed by atoms with Crippen LogP contribution in [0.4, 0.5) is 0 Å². The highest BCUT2D eigenvalue weighted by Gasteiger charge is 2.42. The maximum atomic E-state index is 12.4. The summed E-state index contributed by atoms with van der Waals surface area (Å²) in [6.45, 7) is 1.75. The molecule has 4 nitrogen and oxygen atoms in total. The summed E-state index contributed by atoms with van der Waals surface area (Å²) in [6, 6.07) is 3.41. The average Bonchev–Trinajstić information content (AvgIpc) is 2.38. The van der Waals surface area contributed by atoms with E-state index in [1.165, 1.54) is 0 Å². The van der Waals surface area contributed by atoms with Gasteiger partial charge in [0.05, 0.1) is 24.1 Å². The Kier molecular flexibility index (Phi) is 3.15. The van der Waals surface area contributed by atoms with E-state index < -0.39 is 0 Å². The summed E-state index contributed by atoms with van der Waals surface area (Å²) < 4.78 is 11.3. The number of benzene rings is 1. The van der Waals surface area contributed by atoms with Crippen LogP contribution in [0.3, 0.4) is 0 Å². The fourth-order valence-corrected chi connectivity index (χ4v) is 3.14. The quantitative estimate of drug-likeness (QED) is 0.859. The third kappa shape index (κ3) is 2.19. The van der Waals surface area contributed by atoms with Gasteiger partial charge in [-0.05, 0) is 19.2 Å². The van der Waals surface area contributed by atoms with Gasteiger partial charge in [-0.2, -0.15) is 0 Å². The molecular weight excluding hydrogens is 266 g/mol. The van der Waals surface area contributed by atoms with Gasteiger partial charge in [-0.25, -0.2) is 0 Å². The van der Waals surface area contributed by atoms with Crippen LogP contribution in [0.15, 0.2) is 12.1 Å². The van der Waals surface area contributed by atoms with Crippen LogP contribution in [0.2, 0.25) is 5.02 Å². The number of halogens is 1. The van der Waals surface area contributed by atoms with Crippen molar-refractivity contribution >= 4 is 17.4 Å². The maximum absolute atomic E-state index is 12.4. The molecule has 1 saturated heterocycles. The summed E-state index contributed by atoms with van der Waals surface area (Å²) in [5.41, 5.74) is 0.122. The average molecular weight is 282 g/mol. The van der Waals surface area contributed by atoms with Crippen molar-refractivity contribution in [1.29, 1.82) is 0 Å². The molecule has 0 amide bonds. The van der Waals surface area contributed by atoms with Crippen LogP contribution in [0.25, 0.3) is 0 Å². The van der Waals surface area contributed by atoms with Gasteiger partial charge in [0.1, 0.15) is 17.1 Å². The lowest BCUT2D eigenvalue weighted by Gasteiger charge is -2.41. The van der Waals surface area contributed by atoms with Gasteiger partial charge in [-0.3, -0.25) is 4.79 Å². The van der Waals surface area contributed by atoms with Crippen molar-refractivity contribution in [2.24, 2.45) is 0 Å². The number of piperidine rings is 1. The molecular formula is C14H16ClNO3. The zero-order valence-electron chi connectivity index (χ0n) is 10.8. The molecule has 102 valence electrons. The minimum atomic E-state index is -0.370. The summed E-state index contributed by atoms with van der Waals surface area (Å²) >= 11 is 6.16. The molecule has 1 spiro atoms. The Labute approximate surface area is 117 Å². The molecule has 0 atom stereocenters. The van der Waals surface area contributed by atoms with E-state index in [4.69, 9.17) is 21.1 Å². The largest absolute Gasteiger partial charge is 0.497 e. The Morgan fingerprint density at radius 1 is 1.37 bits per heavy atom. The van der Waals surface area contributed by atoms with Gasteiger partial charge in [0.15, 0.2) is 5.78 Å². The molecule has 0 bridgehead atoms.